The van der Waals surface area contributed by atoms with Gasteiger partial charge in [-0.05, 0) is 60.0 Å². The maximum Gasteiger partial charge on any atom is 0.0393 e. The highest BCUT2D eigenvalue weighted by atomic mass is 31.1. The van der Waals surface area contributed by atoms with Gasteiger partial charge in [0.1, 0.15) is 0 Å². The molecule has 2 N–H and O–H groups in total. The van der Waals surface area contributed by atoms with Crippen LogP contribution in [0.5, 0.6) is 0 Å². The van der Waals surface area contributed by atoms with E-state index in [9.17, 15) is 0 Å². The summed E-state index contributed by atoms with van der Waals surface area (Å²) < 4.78 is 0. The average molecular weight is 421 g/mol. The Bertz CT molecular complexity index is 606. The van der Waals surface area contributed by atoms with Crippen LogP contribution >= 0.6 is 16.1 Å². The molecule has 3 rings (SSSR count). The van der Waals surface area contributed by atoms with E-state index in [1.165, 1.54) is 49.9 Å². The van der Waals surface area contributed by atoms with E-state index >= 15 is 0 Å². The van der Waals surface area contributed by atoms with Crippen molar-refractivity contribution in [2.75, 3.05) is 10.2 Å². The van der Waals surface area contributed by atoms with Gasteiger partial charge in [0.2, 0.25) is 0 Å². The summed E-state index contributed by atoms with van der Waals surface area (Å²) in [6.45, 7) is 19.7. The topological polar surface area (TPSA) is 24.1 Å². The van der Waals surface area contributed by atoms with Crippen LogP contribution in [0, 0.1) is 0 Å². The van der Waals surface area contributed by atoms with Crippen LogP contribution in [0.25, 0.3) is 0 Å². The summed E-state index contributed by atoms with van der Waals surface area (Å²) >= 11 is 0. The molecular weight excluding hydrogens is 378 g/mol. The zero-order valence-electron chi connectivity index (χ0n) is 19.4. The Balaban J connectivity index is 1.81. The first kappa shape index (κ1) is 22.4. The minimum atomic E-state index is -0.277. The first-order valence-electron chi connectivity index (χ1n) is 11.1. The highest BCUT2D eigenvalue weighted by Crippen LogP contribution is 2.66. The van der Waals surface area contributed by atoms with E-state index in [2.05, 4.69) is 89.8 Å². The summed E-state index contributed by atoms with van der Waals surface area (Å²) in [5.74, 6) is 0. The van der Waals surface area contributed by atoms with Gasteiger partial charge in [-0.1, -0.05) is 74.3 Å². The van der Waals surface area contributed by atoms with Gasteiger partial charge in [0.15, 0.2) is 0 Å². The lowest BCUT2D eigenvalue weighted by molar-refractivity contribution is 0.468. The largest absolute Gasteiger partial charge is 0.363 e. The maximum absolute atomic E-state index is 4.01. The molecule has 2 fully saturated rings. The molecular formula is C24H42N2P2. The van der Waals surface area contributed by atoms with Gasteiger partial charge in [0.25, 0.3) is 0 Å². The average Bonchev–Trinajstić information content (AvgIpc) is 2.54. The molecule has 0 spiro atoms. The molecule has 0 atom stereocenters. The molecule has 4 heteroatoms. The molecule has 0 amide bonds. The molecule has 0 radical (unpaired) electrons. The minimum Gasteiger partial charge on any atom is -0.363 e. The number of hydrogen-bond donors (Lipinski definition) is 2. The van der Waals surface area contributed by atoms with Gasteiger partial charge in [-0.15, -0.1) is 0 Å². The number of nitrogens with one attached hydrogen (secondary N) is 2. The van der Waals surface area contributed by atoms with E-state index in [0.717, 1.165) is 0 Å². The fraction of sp³-hybridized carbons (Fsp3) is 0.750. The summed E-state index contributed by atoms with van der Waals surface area (Å²) in [5, 5.41) is 9.57. The van der Waals surface area contributed by atoms with Gasteiger partial charge < -0.3 is 10.2 Å². The van der Waals surface area contributed by atoms with E-state index in [0.29, 0.717) is 20.6 Å². The highest BCUT2D eigenvalue weighted by Gasteiger charge is 2.45. The Hall–Kier alpha value is -0.320. The van der Waals surface area contributed by atoms with Crippen LogP contribution in [0.3, 0.4) is 0 Å². The highest BCUT2D eigenvalue weighted by molar-refractivity contribution is 7.62. The fourth-order valence-electron chi connectivity index (χ4n) is 5.51. The Kier molecular flexibility index (Phi) is 6.18. The molecule has 0 aliphatic carbocycles. The quantitative estimate of drug-likeness (QED) is 0.476. The van der Waals surface area contributed by atoms with Gasteiger partial charge >= 0.3 is 0 Å². The third kappa shape index (κ3) is 4.70. The molecule has 2 saturated heterocycles. The second kappa shape index (κ2) is 7.74. The molecule has 0 aromatic heterocycles. The van der Waals surface area contributed by atoms with E-state index in [-0.39, 0.29) is 16.1 Å². The molecule has 2 heterocycles. The Labute approximate surface area is 176 Å². The van der Waals surface area contributed by atoms with Crippen LogP contribution in [0.1, 0.15) is 93.9 Å². The monoisotopic (exact) mass is 420 g/mol. The Morgan fingerprint density at radius 3 is 1.25 bits per heavy atom. The van der Waals surface area contributed by atoms with Gasteiger partial charge in [0, 0.05) is 32.0 Å². The Morgan fingerprint density at radius 2 is 0.929 bits per heavy atom. The van der Waals surface area contributed by atoms with Crippen LogP contribution in [0.4, 0.5) is 11.4 Å². The summed E-state index contributed by atoms with van der Waals surface area (Å²) in [6, 6.07) is 9.12. The van der Waals surface area contributed by atoms with Gasteiger partial charge in [-0.2, -0.15) is 0 Å². The van der Waals surface area contributed by atoms with Gasteiger partial charge in [0.05, 0.1) is 0 Å². The van der Waals surface area contributed by atoms with Crippen molar-refractivity contribution in [1.82, 2.24) is 0 Å². The third-order valence-corrected chi connectivity index (χ3v) is 13.6. The summed E-state index contributed by atoms with van der Waals surface area (Å²) in [5.41, 5.74) is 2.59. The van der Waals surface area contributed by atoms with Crippen LogP contribution in [-0.4, -0.2) is 20.6 Å². The van der Waals surface area contributed by atoms with Crippen LogP contribution in [-0.2, 0) is 0 Å². The van der Waals surface area contributed by atoms with Crippen LogP contribution < -0.4 is 10.2 Å². The number of anilines is 2. The normalized spacial score (nSPS) is 26.6. The van der Waals surface area contributed by atoms with E-state index in [1.54, 1.807) is 0 Å². The third-order valence-electron chi connectivity index (χ3n) is 6.92. The van der Waals surface area contributed by atoms with Crippen LogP contribution in [0.2, 0.25) is 0 Å². The maximum atomic E-state index is 4.01. The zero-order chi connectivity index (χ0) is 20.8. The minimum absolute atomic E-state index is 0.277. The standard InChI is InChI=1S/C24H42N2P2/c1-21(2)14-10-15-22(3,4)27(21)25-19-12-9-13-20(18-19)26-28-23(5,6)16-11-17-24(28,7)8/h9,12-13,18,25-26H,10-11,14-17H2,1-8H3. The lowest BCUT2D eigenvalue weighted by Gasteiger charge is -2.50. The van der Waals surface area contributed by atoms with E-state index < -0.39 is 0 Å². The van der Waals surface area contributed by atoms with Crippen molar-refractivity contribution >= 4 is 27.5 Å². The second-order valence-electron chi connectivity index (χ2n) is 11.4. The van der Waals surface area contributed by atoms with Crippen molar-refractivity contribution < 1.29 is 0 Å². The lowest BCUT2D eigenvalue weighted by Crippen LogP contribution is -2.38. The zero-order valence-corrected chi connectivity index (χ0v) is 21.2. The molecule has 1 aromatic carbocycles. The van der Waals surface area contributed by atoms with E-state index in [4.69, 9.17) is 0 Å². The van der Waals surface area contributed by atoms with Crippen molar-refractivity contribution in [1.29, 1.82) is 0 Å². The molecule has 158 valence electrons. The summed E-state index contributed by atoms with van der Waals surface area (Å²) in [6.07, 6.45) is 8.05. The Morgan fingerprint density at radius 1 is 0.607 bits per heavy atom. The summed E-state index contributed by atoms with van der Waals surface area (Å²) in [7, 11) is -0.554. The molecule has 2 aliphatic rings. The first-order valence-corrected chi connectivity index (χ1v) is 13.8. The molecule has 2 aliphatic heterocycles. The van der Waals surface area contributed by atoms with Gasteiger partial charge in [-0.25, -0.2) is 0 Å². The van der Waals surface area contributed by atoms with Crippen molar-refractivity contribution in [3.63, 3.8) is 0 Å². The number of hydrogen-bond acceptors (Lipinski definition) is 2. The predicted octanol–water partition coefficient (Wildman–Crippen LogP) is 8.79. The van der Waals surface area contributed by atoms with Gasteiger partial charge in [-0.3, -0.25) is 0 Å². The molecule has 1 aromatic rings. The summed E-state index contributed by atoms with van der Waals surface area (Å²) in [4.78, 5) is 0. The number of benzene rings is 1. The molecule has 0 saturated carbocycles. The molecule has 2 nitrogen and oxygen atoms in total. The van der Waals surface area contributed by atoms with Crippen molar-refractivity contribution in [3.05, 3.63) is 24.3 Å². The molecule has 28 heavy (non-hydrogen) atoms. The first-order chi connectivity index (χ1) is 12.8. The van der Waals surface area contributed by atoms with E-state index in [1.807, 2.05) is 0 Å². The SMILES string of the molecule is CC1(C)CCCC(C)(C)P1Nc1cccc(NP2C(C)(C)CCCC2(C)C)c1. The van der Waals surface area contributed by atoms with Crippen molar-refractivity contribution in [2.45, 2.75) is 115 Å². The predicted molar refractivity (Wildman–Crippen MR) is 132 cm³/mol. The second-order valence-corrected chi connectivity index (χ2v) is 18.1. The lowest BCUT2D eigenvalue weighted by atomic mass is 9.98. The number of rotatable bonds is 4. The van der Waals surface area contributed by atoms with Crippen molar-refractivity contribution in [2.24, 2.45) is 0 Å². The van der Waals surface area contributed by atoms with Crippen molar-refractivity contribution in [3.8, 4) is 0 Å². The smallest absolute Gasteiger partial charge is 0.0393 e. The fourth-order valence-corrected chi connectivity index (χ4v) is 12.3. The van der Waals surface area contributed by atoms with Crippen LogP contribution in [0.15, 0.2) is 24.3 Å². The molecule has 0 bridgehead atoms. The molecule has 0 unspecified atom stereocenters.